The van der Waals surface area contributed by atoms with E-state index >= 15 is 0 Å². The summed E-state index contributed by atoms with van der Waals surface area (Å²) < 4.78 is 5.59. The zero-order valence-corrected chi connectivity index (χ0v) is 15.9. The SMILES string of the molecule is CC(C)Oc1ccc(C(=O)Nc2sc3c(c2C(N)=O)CCCCC3)cc1. The fourth-order valence-electron chi connectivity index (χ4n) is 3.22. The molecule has 2 aromatic rings. The first kappa shape index (κ1) is 18.5. The highest BCUT2D eigenvalue weighted by molar-refractivity contribution is 7.17. The number of ether oxygens (including phenoxy) is 1. The molecule has 26 heavy (non-hydrogen) atoms. The molecule has 6 heteroatoms. The second-order valence-electron chi connectivity index (χ2n) is 6.78. The van der Waals surface area contributed by atoms with Crippen LogP contribution in [-0.4, -0.2) is 17.9 Å². The van der Waals surface area contributed by atoms with Crippen molar-refractivity contribution in [2.24, 2.45) is 5.73 Å². The van der Waals surface area contributed by atoms with Crippen LogP contribution >= 0.6 is 11.3 Å². The van der Waals surface area contributed by atoms with Gasteiger partial charge in [0, 0.05) is 10.4 Å². The second-order valence-corrected chi connectivity index (χ2v) is 7.88. The molecule has 1 aliphatic carbocycles. The lowest BCUT2D eigenvalue weighted by atomic mass is 10.1. The van der Waals surface area contributed by atoms with Crippen molar-refractivity contribution in [3.63, 3.8) is 0 Å². The highest BCUT2D eigenvalue weighted by atomic mass is 32.1. The molecule has 0 fully saturated rings. The molecule has 0 radical (unpaired) electrons. The summed E-state index contributed by atoms with van der Waals surface area (Å²) in [5.74, 6) is -0.00222. The maximum absolute atomic E-state index is 12.6. The van der Waals surface area contributed by atoms with Gasteiger partial charge in [0.15, 0.2) is 0 Å². The lowest BCUT2D eigenvalue weighted by molar-refractivity contribution is 0.100. The van der Waals surface area contributed by atoms with Crippen LogP contribution in [0.1, 0.15) is 64.3 Å². The van der Waals surface area contributed by atoms with Crippen molar-refractivity contribution in [1.82, 2.24) is 0 Å². The molecule has 1 aliphatic rings. The van der Waals surface area contributed by atoms with Crippen molar-refractivity contribution in [3.8, 4) is 5.75 Å². The number of nitrogens with two attached hydrogens (primary N) is 1. The molecule has 5 nitrogen and oxygen atoms in total. The summed E-state index contributed by atoms with van der Waals surface area (Å²) >= 11 is 1.48. The van der Waals surface area contributed by atoms with E-state index in [1.165, 1.54) is 16.2 Å². The average Bonchev–Trinajstić information content (AvgIpc) is 2.76. The van der Waals surface area contributed by atoms with Gasteiger partial charge in [-0.15, -0.1) is 11.3 Å². The zero-order chi connectivity index (χ0) is 18.7. The number of amides is 2. The molecule has 0 saturated carbocycles. The molecule has 0 bridgehead atoms. The topological polar surface area (TPSA) is 81.4 Å². The van der Waals surface area contributed by atoms with Gasteiger partial charge < -0.3 is 15.8 Å². The lowest BCUT2D eigenvalue weighted by Crippen LogP contribution is -2.18. The molecular formula is C20H24N2O3S. The lowest BCUT2D eigenvalue weighted by Gasteiger charge is -2.10. The summed E-state index contributed by atoms with van der Waals surface area (Å²) in [5.41, 5.74) is 7.64. The number of carbonyl (C=O) groups is 2. The quantitative estimate of drug-likeness (QED) is 0.774. The van der Waals surface area contributed by atoms with Crippen LogP contribution in [0.15, 0.2) is 24.3 Å². The van der Waals surface area contributed by atoms with E-state index in [0.717, 1.165) is 43.4 Å². The van der Waals surface area contributed by atoms with Gasteiger partial charge in [0.2, 0.25) is 0 Å². The number of aryl methyl sites for hydroxylation is 1. The number of anilines is 1. The molecule has 0 spiro atoms. The molecule has 0 aliphatic heterocycles. The van der Waals surface area contributed by atoms with Crippen LogP contribution in [0.2, 0.25) is 0 Å². The van der Waals surface area contributed by atoms with E-state index in [0.29, 0.717) is 16.1 Å². The minimum atomic E-state index is -0.472. The molecule has 1 aromatic carbocycles. The number of primary amides is 1. The Bertz CT molecular complexity index is 809. The van der Waals surface area contributed by atoms with Crippen LogP contribution in [0.4, 0.5) is 5.00 Å². The molecule has 1 heterocycles. The van der Waals surface area contributed by atoms with Crippen molar-refractivity contribution in [1.29, 1.82) is 0 Å². The van der Waals surface area contributed by atoms with E-state index in [1.54, 1.807) is 24.3 Å². The fraction of sp³-hybridized carbons (Fsp3) is 0.400. The normalized spacial score (nSPS) is 13.8. The van der Waals surface area contributed by atoms with Crippen LogP contribution in [-0.2, 0) is 12.8 Å². The van der Waals surface area contributed by atoms with Crippen LogP contribution in [0.5, 0.6) is 5.75 Å². The zero-order valence-electron chi connectivity index (χ0n) is 15.1. The first-order chi connectivity index (χ1) is 12.5. The number of nitrogens with one attached hydrogen (secondary N) is 1. The summed E-state index contributed by atoms with van der Waals surface area (Å²) in [6.07, 6.45) is 5.19. The molecule has 0 atom stereocenters. The predicted molar refractivity (Wildman–Crippen MR) is 104 cm³/mol. The minimum absolute atomic E-state index is 0.0781. The maximum atomic E-state index is 12.6. The number of carbonyl (C=O) groups excluding carboxylic acids is 2. The monoisotopic (exact) mass is 372 g/mol. The molecule has 0 unspecified atom stereocenters. The maximum Gasteiger partial charge on any atom is 0.256 e. The van der Waals surface area contributed by atoms with E-state index in [9.17, 15) is 9.59 Å². The molecular weight excluding hydrogens is 348 g/mol. The molecule has 1 aromatic heterocycles. The third-order valence-corrected chi connectivity index (χ3v) is 5.59. The molecule has 3 rings (SSSR count). The van der Waals surface area contributed by atoms with Gasteiger partial charge in [0.25, 0.3) is 11.8 Å². The Labute approximate surface area is 157 Å². The van der Waals surface area contributed by atoms with E-state index in [-0.39, 0.29) is 12.0 Å². The third kappa shape index (κ3) is 4.07. The smallest absolute Gasteiger partial charge is 0.256 e. The van der Waals surface area contributed by atoms with E-state index in [2.05, 4.69) is 5.32 Å². The number of rotatable bonds is 5. The molecule has 2 amide bonds. The van der Waals surface area contributed by atoms with E-state index < -0.39 is 5.91 Å². The van der Waals surface area contributed by atoms with Crippen molar-refractivity contribution >= 4 is 28.2 Å². The van der Waals surface area contributed by atoms with Crippen LogP contribution < -0.4 is 15.8 Å². The van der Waals surface area contributed by atoms with Crippen LogP contribution in [0.3, 0.4) is 0 Å². The summed E-state index contributed by atoms with van der Waals surface area (Å²) in [4.78, 5) is 25.8. The van der Waals surface area contributed by atoms with Crippen LogP contribution in [0, 0.1) is 0 Å². The number of fused-ring (bicyclic) bond motifs is 1. The largest absolute Gasteiger partial charge is 0.491 e. The number of thiophene rings is 1. The van der Waals surface area contributed by atoms with E-state index in [1.807, 2.05) is 13.8 Å². The van der Waals surface area contributed by atoms with Gasteiger partial charge >= 0.3 is 0 Å². The number of hydrogen-bond acceptors (Lipinski definition) is 4. The Balaban J connectivity index is 1.82. The van der Waals surface area contributed by atoms with Gasteiger partial charge in [-0.3, -0.25) is 9.59 Å². The first-order valence-electron chi connectivity index (χ1n) is 8.98. The fourth-order valence-corrected chi connectivity index (χ4v) is 4.51. The van der Waals surface area contributed by atoms with Crippen LogP contribution in [0.25, 0.3) is 0 Å². The highest BCUT2D eigenvalue weighted by Crippen LogP contribution is 2.37. The number of hydrogen-bond donors (Lipinski definition) is 2. The molecule has 0 saturated heterocycles. The van der Waals surface area contributed by atoms with Gasteiger partial charge in [-0.25, -0.2) is 0 Å². The Kier molecular flexibility index (Phi) is 5.61. The Morgan fingerprint density at radius 2 is 1.81 bits per heavy atom. The van der Waals surface area contributed by atoms with Gasteiger partial charge in [-0.05, 0) is 69.4 Å². The summed E-state index contributed by atoms with van der Waals surface area (Å²) in [6.45, 7) is 3.90. The van der Waals surface area contributed by atoms with Gasteiger partial charge in [-0.1, -0.05) is 6.42 Å². The Morgan fingerprint density at radius 3 is 2.46 bits per heavy atom. The summed E-state index contributed by atoms with van der Waals surface area (Å²) in [6, 6.07) is 6.98. The third-order valence-electron chi connectivity index (χ3n) is 4.38. The Morgan fingerprint density at radius 1 is 1.12 bits per heavy atom. The second kappa shape index (κ2) is 7.91. The minimum Gasteiger partial charge on any atom is -0.491 e. The van der Waals surface area contributed by atoms with Gasteiger partial charge in [0.05, 0.1) is 11.7 Å². The van der Waals surface area contributed by atoms with E-state index in [4.69, 9.17) is 10.5 Å². The van der Waals surface area contributed by atoms with Crippen molar-refractivity contribution < 1.29 is 14.3 Å². The molecule has 138 valence electrons. The van der Waals surface area contributed by atoms with Crippen molar-refractivity contribution in [2.75, 3.05) is 5.32 Å². The first-order valence-corrected chi connectivity index (χ1v) is 9.79. The Hall–Kier alpha value is -2.34. The van der Waals surface area contributed by atoms with Crippen molar-refractivity contribution in [3.05, 3.63) is 45.8 Å². The van der Waals surface area contributed by atoms with Crippen molar-refractivity contribution in [2.45, 2.75) is 52.1 Å². The molecule has 3 N–H and O–H groups in total. The summed E-state index contributed by atoms with van der Waals surface area (Å²) in [5, 5.41) is 3.45. The number of benzene rings is 1. The van der Waals surface area contributed by atoms with Gasteiger partial charge in [-0.2, -0.15) is 0 Å². The summed E-state index contributed by atoms with van der Waals surface area (Å²) in [7, 11) is 0. The average molecular weight is 372 g/mol. The van der Waals surface area contributed by atoms with Gasteiger partial charge in [0.1, 0.15) is 10.8 Å². The predicted octanol–water partition coefficient (Wildman–Crippen LogP) is 4.16. The highest BCUT2D eigenvalue weighted by Gasteiger charge is 2.24. The standard InChI is InChI=1S/C20H24N2O3S/c1-12(2)25-14-10-8-13(9-11-14)19(24)22-20-17(18(21)23)15-6-4-3-5-7-16(15)26-20/h8-12H,3-7H2,1-2H3,(H2,21,23)(H,22,24).